The standard InChI is InChI=1S/C23H18ClN/c1-15-8-10-19(16(2)12-15)23-14-20(17-6-4-3-5-7-17)21-13-18(24)9-11-22(21)25-23/h3-14H,1-2H3. The number of pyridine rings is 1. The van der Waals surface area contributed by atoms with Crippen LogP contribution in [0.3, 0.4) is 0 Å². The lowest BCUT2D eigenvalue weighted by Gasteiger charge is -2.12. The van der Waals surface area contributed by atoms with Crippen LogP contribution in [0.4, 0.5) is 0 Å². The Kier molecular flexibility index (Phi) is 4.03. The van der Waals surface area contributed by atoms with E-state index in [1.165, 1.54) is 22.3 Å². The minimum Gasteiger partial charge on any atom is -0.248 e. The maximum absolute atomic E-state index is 6.25. The molecule has 2 heteroatoms. The molecule has 0 atom stereocenters. The zero-order valence-corrected chi connectivity index (χ0v) is 15.0. The molecule has 1 nitrogen and oxygen atoms in total. The molecule has 0 saturated carbocycles. The van der Waals surface area contributed by atoms with Crippen molar-refractivity contribution in [3.05, 3.63) is 88.9 Å². The fourth-order valence-electron chi connectivity index (χ4n) is 3.29. The molecule has 0 radical (unpaired) electrons. The zero-order valence-electron chi connectivity index (χ0n) is 14.3. The lowest BCUT2D eigenvalue weighted by molar-refractivity contribution is 1.33. The molecule has 0 fully saturated rings. The molecule has 0 aliphatic rings. The highest BCUT2D eigenvalue weighted by Crippen LogP contribution is 2.34. The number of aromatic nitrogens is 1. The smallest absolute Gasteiger partial charge is 0.0718 e. The third kappa shape index (κ3) is 3.04. The largest absolute Gasteiger partial charge is 0.248 e. The predicted octanol–water partition coefficient (Wildman–Crippen LogP) is 6.84. The van der Waals surface area contributed by atoms with Gasteiger partial charge >= 0.3 is 0 Å². The molecule has 0 saturated heterocycles. The van der Waals surface area contributed by atoms with Crippen LogP contribution in [0, 0.1) is 13.8 Å². The average molecular weight is 344 g/mol. The van der Waals surface area contributed by atoms with Gasteiger partial charge < -0.3 is 0 Å². The van der Waals surface area contributed by atoms with Gasteiger partial charge in [-0.2, -0.15) is 0 Å². The molecule has 0 aliphatic heterocycles. The average Bonchev–Trinajstić information content (AvgIpc) is 2.62. The molecule has 1 heterocycles. The first kappa shape index (κ1) is 15.9. The highest BCUT2D eigenvalue weighted by Gasteiger charge is 2.11. The normalized spacial score (nSPS) is 11.0. The second-order valence-electron chi connectivity index (χ2n) is 6.40. The van der Waals surface area contributed by atoms with Crippen LogP contribution in [0.2, 0.25) is 5.02 Å². The molecular weight excluding hydrogens is 326 g/mol. The Balaban J connectivity index is 2.03. The molecule has 4 aromatic rings. The number of rotatable bonds is 2. The maximum atomic E-state index is 6.25. The number of fused-ring (bicyclic) bond motifs is 1. The summed E-state index contributed by atoms with van der Waals surface area (Å²) in [7, 11) is 0. The van der Waals surface area contributed by atoms with Crippen LogP contribution in [0.15, 0.2) is 72.8 Å². The lowest BCUT2D eigenvalue weighted by Crippen LogP contribution is -1.92. The summed E-state index contributed by atoms with van der Waals surface area (Å²) < 4.78 is 0. The number of halogens is 1. The molecule has 0 unspecified atom stereocenters. The molecule has 0 amide bonds. The number of nitrogens with zero attached hydrogens (tertiary/aromatic N) is 1. The fraction of sp³-hybridized carbons (Fsp3) is 0.0870. The van der Waals surface area contributed by atoms with Gasteiger partial charge in [0.25, 0.3) is 0 Å². The van der Waals surface area contributed by atoms with E-state index in [1.807, 2.05) is 24.3 Å². The van der Waals surface area contributed by atoms with Crippen LogP contribution in [-0.2, 0) is 0 Å². The summed E-state index contributed by atoms with van der Waals surface area (Å²) in [6.45, 7) is 4.25. The van der Waals surface area contributed by atoms with Crippen molar-refractivity contribution in [2.45, 2.75) is 13.8 Å². The number of benzene rings is 3. The van der Waals surface area contributed by atoms with Crippen molar-refractivity contribution >= 4 is 22.5 Å². The highest BCUT2D eigenvalue weighted by atomic mass is 35.5. The van der Waals surface area contributed by atoms with Crippen LogP contribution >= 0.6 is 11.6 Å². The zero-order chi connectivity index (χ0) is 17.4. The molecule has 25 heavy (non-hydrogen) atoms. The van der Waals surface area contributed by atoms with E-state index in [4.69, 9.17) is 16.6 Å². The van der Waals surface area contributed by atoms with Gasteiger partial charge in [-0.05, 0) is 54.8 Å². The Morgan fingerprint density at radius 3 is 2.32 bits per heavy atom. The van der Waals surface area contributed by atoms with E-state index in [-0.39, 0.29) is 0 Å². The number of aryl methyl sites for hydroxylation is 2. The summed E-state index contributed by atoms with van der Waals surface area (Å²) >= 11 is 6.25. The van der Waals surface area contributed by atoms with Gasteiger partial charge in [0.1, 0.15) is 0 Å². The molecule has 3 aromatic carbocycles. The first-order chi connectivity index (χ1) is 12.1. The third-order valence-corrected chi connectivity index (χ3v) is 4.75. The maximum Gasteiger partial charge on any atom is 0.0718 e. The first-order valence-electron chi connectivity index (χ1n) is 8.35. The van der Waals surface area contributed by atoms with Gasteiger partial charge in [-0.1, -0.05) is 65.7 Å². The Labute approximate surface area is 152 Å². The van der Waals surface area contributed by atoms with E-state index in [1.54, 1.807) is 0 Å². The van der Waals surface area contributed by atoms with Gasteiger partial charge in [0.15, 0.2) is 0 Å². The monoisotopic (exact) mass is 343 g/mol. The minimum absolute atomic E-state index is 0.728. The second-order valence-corrected chi connectivity index (χ2v) is 6.84. The van der Waals surface area contributed by atoms with Crippen molar-refractivity contribution in [2.24, 2.45) is 0 Å². The molecule has 0 spiro atoms. The summed E-state index contributed by atoms with van der Waals surface area (Å²) in [5, 5.41) is 1.80. The number of hydrogen-bond donors (Lipinski definition) is 0. The van der Waals surface area contributed by atoms with Gasteiger partial charge in [0.05, 0.1) is 11.2 Å². The van der Waals surface area contributed by atoms with Crippen LogP contribution < -0.4 is 0 Å². The van der Waals surface area contributed by atoms with Crippen LogP contribution in [0.25, 0.3) is 33.3 Å². The van der Waals surface area contributed by atoms with E-state index in [9.17, 15) is 0 Å². The van der Waals surface area contributed by atoms with E-state index >= 15 is 0 Å². The van der Waals surface area contributed by atoms with E-state index in [0.29, 0.717) is 0 Å². The Morgan fingerprint density at radius 2 is 1.56 bits per heavy atom. The molecule has 4 rings (SSSR count). The Bertz CT molecular complexity index is 1070. The lowest BCUT2D eigenvalue weighted by atomic mass is 9.96. The molecule has 1 aromatic heterocycles. The van der Waals surface area contributed by atoms with Gasteiger partial charge in [-0.3, -0.25) is 0 Å². The molecule has 0 aliphatic carbocycles. The van der Waals surface area contributed by atoms with Crippen molar-refractivity contribution < 1.29 is 0 Å². The van der Waals surface area contributed by atoms with Crippen molar-refractivity contribution in [1.29, 1.82) is 0 Å². The quantitative estimate of drug-likeness (QED) is 0.388. The summed E-state index contributed by atoms with van der Waals surface area (Å²) in [4.78, 5) is 4.90. The SMILES string of the molecule is Cc1ccc(-c2cc(-c3ccccc3)c3cc(Cl)ccc3n2)c(C)c1. The van der Waals surface area contributed by atoms with Crippen molar-refractivity contribution in [3.8, 4) is 22.4 Å². The molecule has 0 bridgehead atoms. The van der Waals surface area contributed by atoms with E-state index in [2.05, 4.69) is 62.4 Å². The summed E-state index contributed by atoms with van der Waals surface area (Å²) in [6.07, 6.45) is 0. The van der Waals surface area contributed by atoms with Crippen molar-refractivity contribution in [3.63, 3.8) is 0 Å². The van der Waals surface area contributed by atoms with Crippen molar-refractivity contribution in [1.82, 2.24) is 4.98 Å². The summed E-state index contributed by atoms with van der Waals surface area (Å²) in [6, 6.07) is 25.0. The minimum atomic E-state index is 0.728. The van der Waals surface area contributed by atoms with Crippen LogP contribution in [0.1, 0.15) is 11.1 Å². The molecule has 0 N–H and O–H groups in total. The second kappa shape index (κ2) is 6.34. The fourth-order valence-corrected chi connectivity index (χ4v) is 3.47. The summed E-state index contributed by atoms with van der Waals surface area (Å²) in [5.41, 5.74) is 7.94. The molecule has 122 valence electrons. The Morgan fingerprint density at radius 1 is 0.760 bits per heavy atom. The number of hydrogen-bond acceptors (Lipinski definition) is 1. The van der Waals surface area contributed by atoms with E-state index < -0.39 is 0 Å². The van der Waals surface area contributed by atoms with Gasteiger partial charge in [0, 0.05) is 16.0 Å². The third-order valence-electron chi connectivity index (χ3n) is 4.51. The topological polar surface area (TPSA) is 12.9 Å². The van der Waals surface area contributed by atoms with Gasteiger partial charge in [-0.25, -0.2) is 4.98 Å². The summed E-state index contributed by atoms with van der Waals surface area (Å²) in [5.74, 6) is 0. The van der Waals surface area contributed by atoms with Gasteiger partial charge in [-0.15, -0.1) is 0 Å². The molecular formula is C23H18ClN. The Hall–Kier alpha value is -2.64. The van der Waals surface area contributed by atoms with Crippen molar-refractivity contribution in [2.75, 3.05) is 0 Å². The van der Waals surface area contributed by atoms with Crippen LogP contribution in [0.5, 0.6) is 0 Å². The van der Waals surface area contributed by atoms with E-state index in [0.717, 1.165) is 27.2 Å². The van der Waals surface area contributed by atoms with Crippen LogP contribution in [-0.4, -0.2) is 4.98 Å². The first-order valence-corrected chi connectivity index (χ1v) is 8.73. The highest BCUT2D eigenvalue weighted by molar-refractivity contribution is 6.31. The van der Waals surface area contributed by atoms with Gasteiger partial charge in [0.2, 0.25) is 0 Å². The predicted molar refractivity (Wildman–Crippen MR) is 107 cm³/mol.